The van der Waals surface area contributed by atoms with Crippen LogP contribution in [0.1, 0.15) is 129 Å². The molecule has 0 aliphatic carbocycles. The first-order valence-corrected chi connectivity index (χ1v) is 12.7. The maximum absolute atomic E-state index is 10.4. The SMILES string of the molecule is CCCCCCCCCCCCCCCCCCCCSCCC(=O)O. The van der Waals surface area contributed by atoms with Crippen LogP contribution in [0.5, 0.6) is 0 Å². The minimum atomic E-state index is -0.671. The summed E-state index contributed by atoms with van der Waals surface area (Å²) in [5, 5.41) is 8.56. The summed E-state index contributed by atoms with van der Waals surface area (Å²) in [5.41, 5.74) is 0. The average Bonchev–Trinajstić information content (AvgIpc) is 2.62. The highest BCUT2D eigenvalue weighted by molar-refractivity contribution is 7.99. The van der Waals surface area contributed by atoms with Crippen LogP contribution in [0.4, 0.5) is 0 Å². The summed E-state index contributed by atoms with van der Waals surface area (Å²) in [6.07, 6.45) is 25.7. The van der Waals surface area contributed by atoms with Crippen molar-refractivity contribution in [1.29, 1.82) is 0 Å². The topological polar surface area (TPSA) is 37.3 Å². The van der Waals surface area contributed by atoms with Crippen molar-refractivity contribution in [2.24, 2.45) is 0 Å². The van der Waals surface area contributed by atoms with Gasteiger partial charge in [-0.15, -0.1) is 0 Å². The smallest absolute Gasteiger partial charge is 0.304 e. The molecule has 0 unspecified atom stereocenters. The molecule has 0 aromatic rings. The van der Waals surface area contributed by atoms with E-state index in [1.54, 1.807) is 11.8 Å². The third-order valence-electron chi connectivity index (χ3n) is 5.10. The highest BCUT2D eigenvalue weighted by atomic mass is 32.2. The number of carboxylic acid groups (broad SMARTS) is 1. The quantitative estimate of drug-likeness (QED) is 0.190. The normalized spacial score (nSPS) is 11.1. The molecule has 0 aliphatic rings. The van der Waals surface area contributed by atoms with Crippen LogP contribution in [0, 0.1) is 0 Å². The number of thioether (sulfide) groups is 1. The Hall–Kier alpha value is -0.180. The Morgan fingerprint density at radius 2 is 0.923 bits per heavy atom. The summed E-state index contributed by atoms with van der Waals surface area (Å²) < 4.78 is 0. The van der Waals surface area contributed by atoms with Crippen molar-refractivity contribution >= 4 is 17.7 Å². The summed E-state index contributed by atoms with van der Waals surface area (Å²) in [7, 11) is 0. The Bertz CT molecular complexity index is 281. The van der Waals surface area contributed by atoms with Gasteiger partial charge in [-0.05, 0) is 12.2 Å². The Kier molecular flexibility index (Phi) is 22.7. The second-order valence-electron chi connectivity index (χ2n) is 7.77. The molecule has 0 rings (SSSR count). The standard InChI is InChI=1S/C23H46O2S/c1-2-3-4-5-6-7-8-9-10-11-12-13-14-15-16-17-18-19-21-26-22-20-23(24)25/h2-22H2,1H3,(H,24,25). The Balaban J connectivity index is 2.98. The minimum Gasteiger partial charge on any atom is -0.481 e. The largest absolute Gasteiger partial charge is 0.481 e. The molecule has 0 radical (unpaired) electrons. The Labute approximate surface area is 168 Å². The zero-order valence-electron chi connectivity index (χ0n) is 17.6. The maximum Gasteiger partial charge on any atom is 0.304 e. The van der Waals surface area contributed by atoms with Gasteiger partial charge in [0, 0.05) is 5.75 Å². The molecule has 0 heterocycles. The number of carboxylic acids is 1. The molecule has 0 atom stereocenters. The molecular weight excluding hydrogens is 340 g/mol. The van der Waals surface area contributed by atoms with Crippen molar-refractivity contribution in [3.8, 4) is 0 Å². The zero-order chi connectivity index (χ0) is 19.1. The van der Waals surface area contributed by atoms with Crippen molar-refractivity contribution in [3.05, 3.63) is 0 Å². The lowest BCUT2D eigenvalue weighted by Crippen LogP contribution is -1.96. The van der Waals surface area contributed by atoms with E-state index in [0.29, 0.717) is 6.42 Å². The molecule has 0 saturated heterocycles. The highest BCUT2D eigenvalue weighted by Crippen LogP contribution is 2.15. The number of aliphatic carboxylic acids is 1. The summed E-state index contributed by atoms with van der Waals surface area (Å²) in [5.74, 6) is 1.23. The summed E-state index contributed by atoms with van der Waals surface area (Å²) in [6, 6.07) is 0. The van der Waals surface area contributed by atoms with Gasteiger partial charge in [0.2, 0.25) is 0 Å². The lowest BCUT2D eigenvalue weighted by molar-refractivity contribution is -0.136. The monoisotopic (exact) mass is 386 g/mol. The van der Waals surface area contributed by atoms with E-state index < -0.39 is 5.97 Å². The van der Waals surface area contributed by atoms with E-state index in [9.17, 15) is 4.79 Å². The third kappa shape index (κ3) is 23.8. The molecule has 26 heavy (non-hydrogen) atoms. The number of carbonyl (C=O) groups is 1. The van der Waals surface area contributed by atoms with Gasteiger partial charge in [0.25, 0.3) is 0 Å². The average molecular weight is 387 g/mol. The van der Waals surface area contributed by atoms with Crippen LogP contribution in [-0.2, 0) is 4.79 Å². The van der Waals surface area contributed by atoms with Gasteiger partial charge in [-0.2, -0.15) is 11.8 Å². The van der Waals surface area contributed by atoms with Gasteiger partial charge < -0.3 is 5.11 Å². The van der Waals surface area contributed by atoms with Crippen molar-refractivity contribution in [2.45, 2.75) is 129 Å². The van der Waals surface area contributed by atoms with Gasteiger partial charge in [0.1, 0.15) is 0 Å². The molecule has 3 heteroatoms. The summed E-state index contributed by atoms with van der Waals surface area (Å²) >= 11 is 1.79. The van der Waals surface area contributed by atoms with Crippen LogP contribution >= 0.6 is 11.8 Å². The predicted octanol–water partition coefficient (Wildman–Crippen LogP) is 8.24. The van der Waals surface area contributed by atoms with Crippen LogP contribution in [0.3, 0.4) is 0 Å². The fourth-order valence-corrected chi connectivity index (χ4v) is 4.30. The second-order valence-corrected chi connectivity index (χ2v) is 8.99. The van der Waals surface area contributed by atoms with E-state index in [2.05, 4.69) is 6.92 Å². The predicted molar refractivity (Wildman–Crippen MR) is 118 cm³/mol. The first kappa shape index (κ1) is 25.8. The van der Waals surface area contributed by atoms with Gasteiger partial charge in [-0.3, -0.25) is 4.79 Å². The molecule has 0 spiro atoms. The molecule has 156 valence electrons. The van der Waals surface area contributed by atoms with E-state index in [1.165, 1.54) is 116 Å². The van der Waals surface area contributed by atoms with Crippen LogP contribution in [0.25, 0.3) is 0 Å². The van der Waals surface area contributed by atoms with Gasteiger partial charge >= 0.3 is 5.97 Å². The molecule has 0 aliphatic heterocycles. The highest BCUT2D eigenvalue weighted by Gasteiger charge is 1.97. The lowest BCUT2D eigenvalue weighted by Gasteiger charge is -2.04. The van der Waals surface area contributed by atoms with Gasteiger partial charge in [0.05, 0.1) is 6.42 Å². The summed E-state index contributed by atoms with van der Waals surface area (Å²) in [6.45, 7) is 2.29. The summed E-state index contributed by atoms with van der Waals surface area (Å²) in [4.78, 5) is 10.4. The van der Waals surface area contributed by atoms with Gasteiger partial charge in [0.15, 0.2) is 0 Å². The van der Waals surface area contributed by atoms with Crippen molar-refractivity contribution in [1.82, 2.24) is 0 Å². The maximum atomic E-state index is 10.4. The Morgan fingerprint density at radius 1 is 0.577 bits per heavy atom. The number of rotatable bonds is 22. The fraction of sp³-hybridized carbons (Fsp3) is 0.957. The molecule has 0 bridgehead atoms. The zero-order valence-corrected chi connectivity index (χ0v) is 18.4. The van der Waals surface area contributed by atoms with E-state index in [4.69, 9.17) is 5.11 Å². The Morgan fingerprint density at radius 3 is 1.27 bits per heavy atom. The molecular formula is C23H46O2S. The van der Waals surface area contributed by atoms with Crippen molar-refractivity contribution in [3.63, 3.8) is 0 Å². The van der Waals surface area contributed by atoms with E-state index in [1.807, 2.05) is 0 Å². The number of unbranched alkanes of at least 4 members (excludes halogenated alkanes) is 17. The first-order chi connectivity index (χ1) is 12.8. The van der Waals surface area contributed by atoms with E-state index in [-0.39, 0.29) is 0 Å². The fourth-order valence-electron chi connectivity index (χ4n) is 3.37. The van der Waals surface area contributed by atoms with E-state index >= 15 is 0 Å². The van der Waals surface area contributed by atoms with Crippen molar-refractivity contribution < 1.29 is 9.90 Å². The second kappa shape index (κ2) is 22.9. The van der Waals surface area contributed by atoms with Crippen LogP contribution < -0.4 is 0 Å². The van der Waals surface area contributed by atoms with Crippen molar-refractivity contribution in [2.75, 3.05) is 11.5 Å². The molecule has 0 saturated carbocycles. The lowest BCUT2D eigenvalue weighted by atomic mass is 10.0. The third-order valence-corrected chi connectivity index (χ3v) is 6.17. The number of hydrogen-bond donors (Lipinski definition) is 1. The molecule has 0 aromatic heterocycles. The first-order valence-electron chi connectivity index (χ1n) is 11.6. The van der Waals surface area contributed by atoms with Crippen LogP contribution in [0.15, 0.2) is 0 Å². The van der Waals surface area contributed by atoms with Crippen LogP contribution in [-0.4, -0.2) is 22.6 Å². The number of hydrogen-bond acceptors (Lipinski definition) is 2. The molecule has 2 nitrogen and oxygen atoms in total. The van der Waals surface area contributed by atoms with Crippen LogP contribution in [0.2, 0.25) is 0 Å². The molecule has 1 N–H and O–H groups in total. The molecule has 0 amide bonds. The van der Waals surface area contributed by atoms with Gasteiger partial charge in [-0.25, -0.2) is 0 Å². The van der Waals surface area contributed by atoms with Gasteiger partial charge in [-0.1, -0.05) is 116 Å². The minimum absolute atomic E-state index is 0.309. The molecule has 0 aromatic carbocycles. The molecule has 0 fully saturated rings. The van der Waals surface area contributed by atoms with E-state index in [0.717, 1.165) is 11.5 Å².